The smallest absolute Gasteiger partial charge is 0.273 e. The van der Waals surface area contributed by atoms with Gasteiger partial charge in [0.25, 0.3) is 11.8 Å². The third kappa shape index (κ3) is 6.45. The number of nitrogen functional groups attached to an aromatic ring is 1. The average Bonchev–Trinajstić information content (AvgIpc) is 3.22. The summed E-state index contributed by atoms with van der Waals surface area (Å²) < 4.78 is 9.28. The molecule has 10 heteroatoms. The molecule has 0 aliphatic carbocycles. The third-order valence-corrected chi connectivity index (χ3v) is 6.67. The summed E-state index contributed by atoms with van der Waals surface area (Å²) in [6.07, 6.45) is 0.780. The highest BCUT2D eigenvalue weighted by Gasteiger charge is 2.36. The van der Waals surface area contributed by atoms with Crippen molar-refractivity contribution >= 4 is 40.6 Å². The van der Waals surface area contributed by atoms with E-state index in [0.29, 0.717) is 29.5 Å². The number of ether oxygens (including phenoxy) is 1. The minimum Gasteiger partial charge on any atom is -0.497 e. The predicted molar refractivity (Wildman–Crippen MR) is 146 cm³/mol. The highest BCUT2D eigenvalue weighted by atomic mass is 32.1. The number of hydrogen-bond donors (Lipinski definition) is 3. The summed E-state index contributed by atoms with van der Waals surface area (Å²) >= 11 is 0.777. The van der Waals surface area contributed by atoms with Crippen molar-refractivity contribution in [2.45, 2.75) is 40.2 Å². The summed E-state index contributed by atoms with van der Waals surface area (Å²) in [4.78, 5) is 41.1. The van der Waals surface area contributed by atoms with Gasteiger partial charge in [-0.2, -0.15) is 4.37 Å². The Morgan fingerprint density at radius 1 is 1.08 bits per heavy atom. The standard InChI is InChI=1S/C27H33N5O4S/c1-15(2)10-11-30-26(34)23(18-6-8-20(36-5)9-7-18)32(19-13-16(3)12-17(4)14-19)27(35)24-21(28)22(25(29)33)31-37-24/h6-9,12-15,23H,10-11,28H2,1-5H3,(H2,29,33)(H,30,34)/t23-/m0/s1. The second-order valence-electron chi connectivity index (χ2n) is 9.31. The molecule has 196 valence electrons. The van der Waals surface area contributed by atoms with Gasteiger partial charge in [0.15, 0.2) is 5.69 Å². The first-order valence-electron chi connectivity index (χ1n) is 11.9. The van der Waals surface area contributed by atoms with Gasteiger partial charge >= 0.3 is 0 Å². The van der Waals surface area contributed by atoms with E-state index in [1.165, 1.54) is 4.90 Å². The molecule has 0 radical (unpaired) electrons. The normalized spacial score (nSPS) is 11.7. The monoisotopic (exact) mass is 523 g/mol. The van der Waals surface area contributed by atoms with Crippen LogP contribution < -0.4 is 26.4 Å². The fourth-order valence-corrected chi connectivity index (χ4v) is 4.74. The number of anilines is 2. The van der Waals surface area contributed by atoms with Crippen LogP contribution >= 0.6 is 11.5 Å². The second kappa shape index (κ2) is 11.9. The van der Waals surface area contributed by atoms with E-state index in [0.717, 1.165) is 29.1 Å². The van der Waals surface area contributed by atoms with Crippen LogP contribution in [0.1, 0.15) is 63.2 Å². The molecule has 1 atom stereocenters. The Kier molecular flexibility index (Phi) is 8.88. The number of primary amides is 1. The van der Waals surface area contributed by atoms with Crippen molar-refractivity contribution in [3.05, 3.63) is 69.7 Å². The summed E-state index contributed by atoms with van der Waals surface area (Å²) in [5, 5.41) is 2.98. The van der Waals surface area contributed by atoms with Crippen LogP contribution in [0.3, 0.4) is 0 Å². The Balaban J connectivity index is 2.20. The Hall–Kier alpha value is -3.92. The molecule has 3 aromatic rings. The fourth-order valence-electron chi connectivity index (χ4n) is 4.00. The molecule has 1 aromatic heterocycles. The predicted octanol–water partition coefficient (Wildman–Crippen LogP) is 4.00. The van der Waals surface area contributed by atoms with Crippen LogP contribution in [0.25, 0.3) is 0 Å². The molecule has 0 unspecified atom stereocenters. The van der Waals surface area contributed by atoms with Gasteiger partial charge in [-0.1, -0.05) is 32.0 Å². The number of nitrogens with two attached hydrogens (primary N) is 2. The van der Waals surface area contributed by atoms with Crippen molar-refractivity contribution in [1.29, 1.82) is 0 Å². The highest BCUT2D eigenvalue weighted by molar-refractivity contribution is 7.09. The number of methoxy groups -OCH3 is 1. The minimum atomic E-state index is -1.04. The third-order valence-electron chi connectivity index (χ3n) is 5.82. The van der Waals surface area contributed by atoms with Crippen LogP contribution in [0.15, 0.2) is 42.5 Å². The molecule has 5 N–H and O–H groups in total. The molecule has 0 saturated heterocycles. The van der Waals surface area contributed by atoms with Gasteiger partial charge in [-0.25, -0.2) is 0 Å². The Labute approximate surface area is 221 Å². The van der Waals surface area contributed by atoms with E-state index in [1.807, 2.05) is 32.0 Å². The van der Waals surface area contributed by atoms with Crippen molar-refractivity contribution in [1.82, 2.24) is 9.69 Å². The summed E-state index contributed by atoms with van der Waals surface area (Å²) in [7, 11) is 1.55. The summed E-state index contributed by atoms with van der Waals surface area (Å²) in [5.74, 6) is -0.737. The molecule has 9 nitrogen and oxygen atoms in total. The van der Waals surface area contributed by atoms with Gasteiger partial charge in [0.1, 0.15) is 16.7 Å². The molecule has 0 aliphatic rings. The van der Waals surface area contributed by atoms with E-state index in [9.17, 15) is 14.4 Å². The number of aromatic nitrogens is 1. The molecule has 3 amide bonds. The van der Waals surface area contributed by atoms with Crippen LogP contribution in [0.4, 0.5) is 11.4 Å². The number of rotatable bonds is 10. The molecule has 0 fully saturated rings. The molecular formula is C27H33N5O4S. The highest BCUT2D eigenvalue weighted by Crippen LogP contribution is 2.34. The molecule has 2 aromatic carbocycles. The zero-order chi connectivity index (χ0) is 27.3. The molecule has 0 saturated carbocycles. The van der Waals surface area contributed by atoms with E-state index in [1.54, 1.807) is 31.4 Å². The lowest BCUT2D eigenvalue weighted by atomic mass is 10.0. The first kappa shape index (κ1) is 27.7. The average molecular weight is 524 g/mol. The van der Waals surface area contributed by atoms with Gasteiger partial charge in [0, 0.05) is 12.2 Å². The SMILES string of the molecule is COc1ccc([C@@H](C(=O)NCCC(C)C)N(C(=O)c2snc(C(N)=O)c2N)c2cc(C)cc(C)c2)cc1. The summed E-state index contributed by atoms with van der Waals surface area (Å²) in [5.41, 5.74) is 14.2. The van der Waals surface area contributed by atoms with E-state index in [-0.39, 0.29) is 22.2 Å². The zero-order valence-corrected chi connectivity index (χ0v) is 22.5. The van der Waals surface area contributed by atoms with Crippen LogP contribution in [-0.2, 0) is 4.79 Å². The minimum absolute atomic E-state index is 0.0291. The lowest BCUT2D eigenvalue weighted by Crippen LogP contribution is -2.44. The largest absolute Gasteiger partial charge is 0.497 e. The number of amides is 3. The number of aryl methyl sites for hydroxylation is 2. The van der Waals surface area contributed by atoms with Crippen molar-refractivity contribution in [2.24, 2.45) is 11.7 Å². The maximum atomic E-state index is 14.1. The number of benzene rings is 2. The maximum absolute atomic E-state index is 14.1. The van der Waals surface area contributed by atoms with Crippen LogP contribution in [-0.4, -0.2) is 35.7 Å². The fraction of sp³-hybridized carbons (Fsp3) is 0.333. The van der Waals surface area contributed by atoms with E-state index < -0.39 is 17.9 Å². The first-order chi connectivity index (χ1) is 17.5. The van der Waals surface area contributed by atoms with Gasteiger partial charge in [-0.3, -0.25) is 19.3 Å². The quantitative estimate of drug-likeness (QED) is 0.367. The van der Waals surface area contributed by atoms with Gasteiger partial charge in [-0.15, -0.1) is 0 Å². The van der Waals surface area contributed by atoms with Crippen LogP contribution in [0.5, 0.6) is 5.75 Å². The molecule has 37 heavy (non-hydrogen) atoms. The molecule has 0 spiro atoms. The van der Waals surface area contributed by atoms with E-state index in [4.69, 9.17) is 16.2 Å². The summed E-state index contributed by atoms with van der Waals surface area (Å²) in [6, 6.07) is 11.6. The Morgan fingerprint density at radius 2 is 1.70 bits per heavy atom. The molecule has 0 aliphatic heterocycles. The van der Waals surface area contributed by atoms with Crippen molar-refractivity contribution in [3.63, 3.8) is 0 Å². The van der Waals surface area contributed by atoms with Gasteiger partial charge < -0.3 is 21.5 Å². The maximum Gasteiger partial charge on any atom is 0.273 e. The molecular weight excluding hydrogens is 490 g/mol. The number of carbonyl (C=O) groups is 3. The number of nitrogens with zero attached hydrogens (tertiary/aromatic N) is 2. The van der Waals surface area contributed by atoms with E-state index in [2.05, 4.69) is 23.5 Å². The van der Waals surface area contributed by atoms with Gasteiger partial charge in [0.2, 0.25) is 5.91 Å². The number of nitrogens with one attached hydrogen (secondary N) is 1. The second-order valence-corrected chi connectivity index (χ2v) is 10.1. The molecule has 1 heterocycles. The lowest BCUT2D eigenvalue weighted by molar-refractivity contribution is -0.122. The van der Waals surface area contributed by atoms with Crippen molar-refractivity contribution in [3.8, 4) is 5.75 Å². The van der Waals surface area contributed by atoms with Crippen molar-refractivity contribution in [2.75, 3.05) is 24.3 Å². The molecule has 3 rings (SSSR count). The lowest BCUT2D eigenvalue weighted by Gasteiger charge is -2.32. The van der Waals surface area contributed by atoms with E-state index >= 15 is 0 Å². The zero-order valence-electron chi connectivity index (χ0n) is 21.7. The first-order valence-corrected chi connectivity index (χ1v) is 12.7. The van der Waals surface area contributed by atoms with Crippen LogP contribution in [0, 0.1) is 19.8 Å². The van der Waals surface area contributed by atoms with Gasteiger partial charge in [0.05, 0.1) is 12.8 Å². The summed E-state index contributed by atoms with van der Waals surface area (Å²) in [6.45, 7) is 8.42. The Bertz CT molecular complexity index is 1270. The van der Waals surface area contributed by atoms with Crippen LogP contribution in [0.2, 0.25) is 0 Å². The van der Waals surface area contributed by atoms with Crippen molar-refractivity contribution < 1.29 is 19.1 Å². The number of carbonyl (C=O) groups excluding carboxylic acids is 3. The molecule has 0 bridgehead atoms. The van der Waals surface area contributed by atoms with Gasteiger partial charge in [-0.05, 0) is 78.7 Å². The Morgan fingerprint density at radius 3 is 2.22 bits per heavy atom. The number of hydrogen-bond acceptors (Lipinski definition) is 7. The topological polar surface area (TPSA) is 141 Å².